The van der Waals surface area contributed by atoms with Crippen LogP contribution < -0.4 is 0 Å². The lowest BCUT2D eigenvalue weighted by molar-refractivity contribution is -0.131. The highest BCUT2D eigenvalue weighted by molar-refractivity contribution is 7.10. The summed E-state index contributed by atoms with van der Waals surface area (Å²) < 4.78 is 5.10. The van der Waals surface area contributed by atoms with Gasteiger partial charge in [0.1, 0.15) is 0 Å². The Morgan fingerprint density at radius 3 is 2.81 bits per heavy atom. The van der Waals surface area contributed by atoms with E-state index < -0.39 is 0 Å². The van der Waals surface area contributed by atoms with E-state index in [1.807, 2.05) is 27.3 Å². The summed E-state index contributed by atoms with van der Waals surface area (Å²) in [7, 11) is 0. The summed E-state index contributed by atoms with van der Waals surface area (Å²) in [6, 6.07) is 4.20. The van der Waals surface area contributed by atoms with Crippen LogP contribution in [-0.4, -0.2) is 54.1 Å². The van der Waals surface area contributed by atoms with Crippen LogP contribution in [0.3, 0.4) is 0 Å². The van der Waals surface area contributed by atoms with E-state index in [1.165, 1.54) is 0 Å². The van der Waals surface area contributed by atoms with Crippen molar-refractivity contribution in [2.45, 2.75) is 31.7 Å². The second-order valence-electron chi connectivity index (χ2n) is 5.53. The second kappa shape index (κ2) is 6.47. The van der Waals surface area contributed by atoms with Crippen molar-refractivity contribution in [3.05, 3.63) is 22.4 Å². The minimum atomic E-state index is -0.190. The van der Waals surface area contributed by atoms with Crippen molar-refractivity contribution in [1.29, 1.82) is 0 Å². The number of nitrogens with zero attached hydrogens (tertiary/aromatic N) is 2. The maximum Gasteiger partial charge on any atom is 0.410 e. The third-order valence-electron chi connectivity index (χ3n) is 4.17. The van der Waals surface area contributed by atoms with Gasteiger partial charge in [0, 0.05) is 30.6 Å². The third-order valence-corrected chi connectivity index (χ3v) is 5.04. The fourth-order valence-corrected chi connectivity index (χ4v) is 3.70. The number of rotatable bonds is 3. The molecule has 2 amide bonds. The first kappa shape index (κ1) is 14.4. The van der Waals surface area contributed by atoms with Gasteiger partial charge < -0.3 is 14.5 Å². The molecule has 0 radical (unpaired) electrons. The highest BCUT2D eigenvalue weighted by atomic mass is 32.1. The molecule has 114 valence electrons. The first-order valence-electron chi connectivity index (χ1n) is 7.47. The van der Waals surface area contributed by atoms with Crippen molar-refractivity contribution in [1.82, 2.24) is 9.80 Å². The smallest absolute Gasteiger partial charge is 0.410 e. The number of piperidine rings is 1. The van der Waals surface area contributed by atoms with Gasteiger partial charge in [-0.25, -0.2) is 4.79 Å². The van der Waals surface area contributed by atoms with Gasteiger partial charge in [-0.1, -0.05) is 6.07 Å². The van der Waals surface area contributed by atoms with Crippen molar-refractivity contribution in [2.24, 2.45) is 0 Å². The van der Waals surface area contributed by atoms with Gasteiger partial charge in [0.05, 0.1) is 13.0 Å². The summed E-state index contributed by atoms with van der Waals surface area (Å²) in [5.41, 5.74) is 0. The van der Waals surface area contributed by atoms with Gasteiger partial charge in [0.25, 0.3) is 0 Å². The van der Waals surface area contributed by atoms with Crippen LogP contribution in [0.15, 0.2) is 17.5 Å². The van der Waals surface area contributed by atoms with Crippen molar-refractivity contribution in [3.8, 4) is 0 Å². The average molecular weight is 308 g/mol. The molecule has 21 heavy (non-hydrogen) atoms. The maximum absolute atomic E-state index is 12.2. The van der Waals surface area contributed by atoms with E-state index in [0.29, 0.717) is 13.0 Å². The Kier molecular flexibility index (Phi) is 4.43. The van der Waals surface area contributed by atoms with Crippen molar-refractivity contribution in [3.63, 3.8) is 0 Å². The average Bonchev–Trinajstić information content (AvgIpc) is 3.01. The third kappa shape index (κ3) is 3.37. The number of amides is 2. The molecule has 1 aromatic heterocycles. The quantitative estimate of drug-likeness (QED) is 0.859. The zero-order chi connectivity index (χ0) is 14.7. The Balaban J connectivity index is 1.50. The molecule has 0 aliphatic carbocycles. The summed E-state index contributed by atoms with van der Waals surface area (Å²) in [4.78, 5) is 28.9. The summed E-state index contributed by atoms with van der Waals surface area (Å²) in [5, 5.41) is 2.00. The highest BCUT2D eigenvalue weighted by Gasteiger charge is 2.31. The number of carbonyl (C=O) groups is 2. The zero-order valence-electron chi connectivity index (χ0n) is 12.0. The van der Waals surface area contributed by atoms with Gasteiger partial charge in [0.2, 0.25) is 5.91 Å². The van der Waals surface area contributed by atoms with Crippen molar-refractivity contribution >= 4 is 23.3 Å². The molecular weight excluding hydrogens is 288 g/mol. The van der Waals surface area contributed by atoms with Crippen LogP contribution in [0.5, 0.6) is 0 Å². The van der Waals surface area contributed by atoms with Gasteiger partial charge >= 0.3 is 6.09 Å². The topological polar surface area (TPSA) is 49.9 Å². The Morgan fingerprint density at radius 1 is 1.33 bits per heavy atom. The molecule has 5 nitrogen and oxygen atoms in total. The van der Waals surface area contributed by atoms with Crippen LogP contribution >= 0.6 is 11.3 Å². The van der Waals surface area contributed by atoms with Crippen LogP contribution in [-0.2, 0) is 16.0 Å². The number of carbonyl (C=O) groups excluding carboxylic acids is 2. The van der Waals surface area contributed by atoms with E-state index >= 15 is 0 Å². The molecule has 0 unspecified atom stereocenters. The molecule has 0 atom stereocenters. The van der Waals surface area contributed by atoms with Gasteiger partial charge in [-0.3, -0.25) is 4.79 Å². The molecule has 1 aromatic rings. The van der Waals surface area contributed by atoms with E-state index in [4.69, 9.17) is 4.74 Å². The van der Waals surface area contributed by atoms with Gasteiger partial charge in [-0.15, -0.1) is 11.3 Å². The number of thiophene rings is 1. The molecule has 6 heteroatoms. The highest BCUT2D eigenvalue weighted by Crippen LogP contribution is 2.21. The summed E-state index contributed by atoms with van der Waals surface area (Å²) in [5.74, 6) is 0.192. The molecule has 2 fully saturated rings. The monoisotopic (exact) mass is 308 g/mol. The first-order chi connectivity index (χ1) is 10.2. The fourth-order valence-electron chi connectivity index (χ4n) is 3.00. The summed E-state index contributed by atoms with van der Waals surface area (Å²) >= 11 is 1.62. The lowest BCUT2D eigenvalue weighted by Gasteiger charge is -2.39. The Labute approximate surface area is 128 Å². The van der Waals surface area contributed by atoms with Gasteiger partial charge in [0.15, 0.2) is 0 Å². The SMILES string of the molecule is O=C(Cc1cccs1)N1CCC(N2CCCOC2=O)CC1. The van der Waals surface area contributed by atoms with E-state index in [2.05, 4.69) is 0 Å². The molecule has 0 spiro atoms. The predicted octanol–water partition coefficient (Wildman–Crippen LogP) is 2.12. The molecule has 2 saturated heterocycles. The molecule has 0 saturated carbocycles. The first-order valence-corrected chi connectivity index (χ1v) is 8.35. The number of hydrogen-bond acceptors (Lipinski definition) is 4. The van der Waals surface area contributed by atoms with Crippen molar-refractivity contribution in [2.75, 3.05) is 26.2 Å². The van der Waals surface area contributed by atoms with E-state index in [1.54, 1.807) is 11.3 Å². The van der Waals surface area contributed by atoms with E-state index in [9.17, 15) is 9.59 Å². The lowest BCUT2D eigenvalue weighted by atomic mass is 10.0. The van der Waals surface area contributed by atoms with Crippen LogP contribution in [0.2, 0.25) is 0 Å². The minimum Gasteiger partial charge on any atom is -0.449 e. The van der Waals surface area contributed by atoms with Crippen LogP contribution in [0, 0.1) is 0 Å². The fraction of sp³-hybridized carbons (Fsp3) is 0.600. The largest absolute Gasteiger partial charge is 0.449 e. The van der Waals surface area contributed by atoms with Crippen LogP contribution in [0.4, 0.5) is 4.79 Å². The predicted molar refractivity (Wildman–Crippen MR) is 80.3 cm³/mol. The number of ether oxygens (including phenoxy) is 1. The Bertz CT molecular complexity index is 495. The summed E-state index contributed by atoms with van der Waals surface area (Å²) in [6.45, 7) is 2.79. The zero-order valence-corrected chi connectivity index (χ0v) is 12.8. The second-order valence-corrected chi connectivity index (χ2v) is 6.56. The lowest BCUT2D eigenvalue weighted by Crippen LogP contribution is -2.51. The molecule has 2 aliphatic rings. The molecule has 0 bridgehead atoms. The van der Waals surface area contributed by atoms with Gasteiger partial charge in [-0.05, 0) is 30.7 Å². The maximum atomic E-state index is 12.2. The number of cyclic esters (lactones) is 1. The molecule has 0 aromatic carbocycles. The normalized spacial score (nSPS) is 20.5. The number of hydrogen-bond donors (Lipinski definition) is 0. The van der Waals surface area contributed by atoms with Crippen molar-refractivity contribution < 1.29 is 14.3 Å². The molecule has 3 rings (SSSR count). The molecule has 0 N–H and O–H groups in total. The molecular formula is C15H20N2O3S. The minimum absolute atomic E-state index is 0.190. The summed E-state index contributed by atoms with van der Waals surface area (Å²) in [6.07, 6.45) is 2.91. The Hall–Kier alpha value is -1.56. The molecule has 2 aliphatic heterocycles. The van der Waals surface area contributed by atoms with Gasteiger partial charge in [-0.2, -0.15) is 0 Å². The standard InChI is InChI=1S/C15H20N2O3S/c18-14(11-13-3-1-10-21-13)16-7-4-12(5-8-16)17-6-2-9-20-15(17)19/h1,3,10,12H,2,4-9,11H2. The van der Waals surface area contributed by atoms with E-state index in [-0.39, 0.29) is 18.0 Å². The molecule has 3 heterocycles. The van der Waals surface area contributed by atoms with E-state index in [0.717, 1.165) is 43.8 Å². The van der Waals surface area contributed by atoms with Crippen LogP contribution in [0.25, 0.3) is 0 Å². The number of likely N-dealkylation sites (tertiary alicyclic amines) is 1. The van der Waals surface area contributed by atoms with Crippen LogP contribution in [0.1, 0.15) is 24.1 Å². The Morgan fingerprint density at radius 2 is 2.14 bits per heavy atom.